The second kappa shape index (κ2) is 13.6. The van der Waals surface area contributed by atoms with Gasteiger partial charge in [0.25, 0.3) is 0 Å². The maximum Gasteiger partial charge on any atom is 0.180 e. The summed E-state index contributed by atoms with van der Waals surface area (Å²) in [5, 5.41) is 5.50. The molecule has 0 aliphatic carbocycles. The number of hydrogen-bond acceptors (Lipinski definition) is 3. The SMILES string of the molecule is c1ccc(-c2cccc(-c3cccc(-c4nc(-c5cccc(-c6cccc(-c7ccccc7)c6)c5)c5oc6c7ccccc7c7ccccc7c6c5n4)c3)c2)cc1. The van der Waals surface area contributed by atoms with E-state index in [4.69, 9.17) is 14.4 Å². The topological polar surface area (TPSA) is 38.9 Å². The van der Waals surface area contributed by atoms with Crippen LogP contribution >= 0.6 is 0 Å². The van der Waals surface area contributed by atoms with Crippen molar-refractivity contribution in [1.82, 2.24) is 9.97 Å². The van der Waals surface area contributed by atoms with Gasteiger partial charge in [-0.05, 0) is 84.9 Å². The minimum Gasteiger partial charge on any atom is -0.451 e. The van der Waals surface area contributed by atoms with E-state index in [0.717, 1.165) is 71.7 Å². The van der Waals surface area contributed by atoms with Crippen molar-refractivity contribution in [3.05, 3.63) is 206 Å². The highest BCUT2D eigenvalue weighted by molar-refractivity contribution is 6.30. The van der Waals surface area contributed by atoms with Gasteiger partial charge in [0.2, 0.25) is 0 Å². The first-order valence-electron chi connectivity index (χ1n) is 19.3. The molecule has 2 aromatic heterocycles. The van der Waals surface area contributed by atoms with E-state index in [0.29, 0.717) is 11.4 Å². The van der Waals surface area contributed by atoms with Gasteiger partial charge in [-0.15, -0.1) is 0 Å². The number of fused-ring (bicyclic) bond motifs is 8. The second-order valence-corrected chi connectivity index (χ2v) is 14.5. The molecule has 3 nitrogen and oxygen atoms in total. The summed E-state index contributed by atoms with van der Waals surface area (Å²) >= 11 is 0. The highest BCUT2D eigenvalue weighted by atomic mass is 16.3. The van der Waals surface area contributed by atoms with E-state index in [-0.39, 0.29) is 0 Å². The third-order valence-corrected chi connectivity index (χ3v) is 11.1. The number of furan rings is 1. The summed E-state index contributed by atoms with van der Waals surface area (Å²) < 4.78 is 7.00. The molecule has 0 spiro atoms. The lowest BCUT2D eigenvalue weighted by Crippen LogP contribution is -1.95. The average molecular weight is 727 g/mol. The van der Waals surface area contributed by atoms with Crippen LogP contribution < -0.4 is 0 Å². The molecule has 9 aromatic carbocycles. The number of hydrogen-bond donors (Lipinski definition) is 0. The van der Waals surface area contributed by atoms with Crippen molar-refractivity contribution in [2.24, 2.45) is 0 Å². The van der Waals surface area contributed by atoms with Gasteiger partial charge in [-0.3, -0.25) is 0 Å². The van der Waals surface area contributed by atoms with E-state index < -0.39 is 0 Å². The van der Waals surface area contributed by atoms with E-state index in [9.17, 15) is 0 Å². The Hall–Kier alpha value is -7.62. The minimum atomic E-state index is 0.648. The summed E-state index contributed by atoms with van der Waals surface area (Å²) in [6.45, 7) is 0. The fourth-order valence-corrected chi connectivity index (χ4v) is 8.30. The van der Waals surface area contributed by atoms with Gasteiger partial charge in [0, 0.05) is 16.5 Å². The van der Waals surface area contributed by atoms with Crippen LogP contribution in [0.5, 0.6) is 0 Å². The zero-order valence-corrected chi connectivity index (χ0v) is 30.9. The van der Waals surface area contributed by atoms with Crippen molar-refractivity contribution >= 4 is 43.6 Å². The molecule has 0 aliphatic heterocycles. The van der Waals surface area contributed by atoms with Crippen LogP contribution in [0.3, 0.4) is 0 Å². The van der Waals surface area contributed by atoms with Crippen LogP contribution in [-0.2, 0) is 0 Å². The first kappa shape index (κ1) is 32.8. The van der Waals surface area contributed by atoms with E-state index >= 15 is 0 Å². The zero-order chi connectivity index (χ0) is 37.7. The van der Waals surface area contributed by atoms with Crippen LogP contribution in [0.4, 0.5) is 0 Å². The number of rotatable bonds is 6. The van der Waals surface area contributed by atoms with Gasteiger partial charge in [-0.25, -0.2) is 9.97 Å². The molecule has 266 valence electrons. The third-order valence-electron chi connectivity index (χ3n) is 11.1. The van der Waals surface area contributed by atoms with Crippen LogP contribution in [0.2, 0.25) is 0 Å². The zero-order valence-electron chi connectivity index (χ0n) is 30.9. The quantitative estimate of drug-likeness (QED) is 0.160. The molecule has 0 amide bonds. The molecular weight excluding hydrogens is 693 g/mol. The number of benzene rings is 9. The molecule has 57 heavy (non-hydrogen) atoms. The lowest BCUT2D eigenvalue weighted by molar-refractivity contribution is 0.671. The Kier molecular flexibility index (Phi) is 7.82. The van der Waals surface area contributed by atoms with Gasteiger partial charge >= 0.3 is 0 Å². The van der Waals surface area contributed by atoms with Crippen LogP contribution in [0.1, 0.15) is 0 Å². The maximum atomic E-state index is 7.00. The van der Waals surface area contributed by atoms with E-state index in [2.05, 4.69) is 206 Å². The van der Waals surface area contributed by atoms with Crippen LogP contribution in [0.25, 0.3) is 111 Å². The average Bonchev–Trinajstić information content (AvgIpc) is 3.70. The molecular formula is C54H34N2O. The monoisotopic (exact) mass is 726 g/mol. The van der Waals surface area contributed by atoms with Crippen molar-refractivity contribution in [1.29, 1.82) is 0 Å². The van der Waals surface area contributed by atoms with Crippen LogP contribution in [-0.4, -0.2) is 9.97 Å². The molecule has 0 fully saturated rings. The molecule has 0 saturated carbocycles. The molecule has 11 aromatic rings. The lowest BCUT2D eigenvalue weighted by atomic mass is 9.96. The summed E-state index contributed by atoms with van der Waals surface area (Å²) in [7, 11) is 0. The van der Waals surface area contributed by atoms with Gasteiger partial charge in [0.05, 0.1) is 5.39 Å². The predicted octanol–water partition coefficient (Wildman–Crippen LogP) is 14.7. The van der Waals surface area contributed by atoms with Crippen molar-refractivity contribution in [3.63, 3.8) is 0 Å². The van der Waals surface area contributed by atoms with Gasteiger partial charge in [-0.2, -0.15) is 0 Å². The highest BCUT2D eigenvalue weighted by Gasteiger charge is 2.22. The smallest absolute Gasteiger partial charge is 0.180 e. The molecule has 0 unspecified atom stereocenters. The van der Waals surface area contributed by atoms with E-state index in [1.807, 2.05) is 0 Å². The summed E-state index contributed by atoms with van der Waals surface area (Å²) in [5.74, 6) is 0.648. The van der Waals surface area contributed by atoms with Crippen molar-refractivity contribution in [2.75, 3.05) is 0 Å². The first-order chi connectivity index (χ1) is 28.2. The molecule has 0 bridgehead atoms. The minimum absolute atomic E-state index is 0.648. The Morgan fingerprint density at radius 2 is 0.667 bits per heavy atom. The van der Waals surface area contributed by atoms with Gasteiger partial charge in [0.1, 0.15) is 16.8 Å². The van der Waals surface area contributed by atoms with E-state index in [1.54, 1.807) is 0 Å². The third kappa shape index (κ3) is 5.76. The summed E-state index contributed by atoms with van der Waals surface area (Å²) in [4.78, 5) is 10.8. The Labute approximate surface area is 330 Å². The Morgan fingerprint density at radius 1 is 0.281 bits per heavy atom. The standard InChI is InChI=1S/C54H34N2O/c1-3-15-35(16-4-1)37-19-11-21-39(31-37)41-23-13-25-43(33-41)50-53-51(49-47-29-9-7-27-45(47)46-28-8-10-30-48(46)52(49)57-53)56-54(55-50)44-26-14-24-42(34-44)40-22-12-20-38(32-40)36-17-5-2-6-18-36/h1-34H. The Balaban J connectivity index is 1.13. The summed E-state index contributed by atoms with van der Waals surface area (Å²) in [6.07, 6.45) is 0. The molecule has 2 heterocycles. The van der Waals surface area contributed by atoms with Gasteiger partial charge in [0.15, 0.2) is 11.4 Å². The second-order valence-electron chi connectivity index (χ2n) is 14.5. The normalized spacial score (nSPS) is 11.5. The van der Waals surface area contributed by atoms with E-state index in [1.165, 1.54) is 27.6 Å². The fraction of sp³-hybridized carbons (Fsp3) is 0. The Morgan fingerprint density at radius 3 is 1.23 bits per heavy atom. The molecule has 0 N–H and O–H groups in total. The Bertz CT molecular complexity index is 3290. The van der Waals surface area contributed by atoms with Crippen LogP contribution in [0.15, 0.2) is 211 Å². The fourth-order valence-electron chi connectivity index (χ4n) is 8.30. The molecule has 11 rings (SSSR count). The number of nitrogens with zero attached hydrogens (tertiary/aromatic N) is 2. The molecule has 0 radical (unpaired) electrons. The van der Waals surface area contributed by atoms with Gasteiger partial charge < -0.3 is 4.42 Å². The van der Waals surface area contributed by atoms with Crippen molar-refractivity contribution in [3.8, 4) is 67.2 Å². The van der Waals surface area contributed by atoms with Crippen LogP contribution in [0, 0.1) is 0 Å². The molecule has 0 atom stereocenters. The largest absolute Gasteiger partial charge is 0.451 e. The lowest BCUT2D eigenvalue weighted by Gasteiger charge is -2.11. The van der Waals surface area contributed by atoms with Gasteiger partial charge in [-0.1, -0.05) is 182 Å². The molecule has 0 aliphatic rings. The predicted molar refractivity (Wildman–Crippen MR) is 237 cm³/mol. The molecule has 3 heteroatoms. The van der Waals surface area contributed by atoms with Crippen molar-refractivity contribution in [2.45, 2.75) is 0 Å². The first-order valence-corrected chi connectivity index (χ1v) is 19.3. The highest BCUT2D eigenvalue weighted by Crippen LogP contribution is 2.44. The number of aromatic nitrogens is 2. The van der Waals surface area contributed by atoms with Crippen molar-refractivity contribution < 1.29 is 4.42 Å². The summed E-state index contributed by atoms with van der Waals surface area (Å²) in [5.41, 5.74) is 14.2. The maximum absolute atomic E-state index is 7.00. The summed E-state index contributed by atoms with van der Waals surface area (Å²) in [6, 6.07) is 72.7. The molecule has 0 saturated heterocycles.